The van der Waals surface area contributed by atoms with Gasteiger partial charge in [0.2, 0.25) is 0 Å². The van der Waals surface area contributed by atoms with Gasteiger partial charge in [0.15, 0.2) is 5.82 Å². The van der Waals surface area contributed by atoms with E-state index in [1.807, 2.05) is 6.07 Å². The van der Waals surface area contributed by atoms with E-state index in [1.54, 1.807) is 6.20 Å². The smallest absolute Gasteiger partial charge is 0.166 e. The summed E-state index contributed by atoms with van der Waals surface area (Å²) in [7, 11) is 0. The minimum Gasteiger partial charge on any atom is -0.303 e. The molecule has 5 heteroatoms. The van der Waals surface area contributed by atoms with Gasteiger partial charge in [-0.05, 0) is 37.9 Å². The number of carbonyl (C=O) groups excluding carboxylic acids is 1. The van der Waals surface area contributed by atoms with Gasteiger partial charge in [-0.15, -0.1) is 0 Å². The second-order valence-corrected chi connectivity index (χ2v) is 3.94. The molecular formula is C8H6Br2N2O. The van der Waals surface area contributed by atoms with Crippen LogP contribution in [0.2, 0.25) is 0 Å². The lowest BCUT2D eigenvalue weighted by Crippen LogP contribution is -1.79. The van der Waals surface area contributed by atoms with Crippen LogP contribution in [0, 0.1) is 0 Å². The van der Waals surface area contributed by atoms with Crippen LogP contribution in [0.25, 0.3) is 0 Å². The predicted octanol–water partition coefficient (Wildman–Crippen LogP) is 2.90. The highest BCUT2D eigenvalue weighted by molar-refractivity contribution is 9.11. The third kappa shape index (κ3) is 3.36. The molecule has 1 aromatic rings. The number of hydrogen-bond acceptors (Lipinski definition) is 3. The molecule has 0 aliphatic carbocycles. The van der Waals surface area contributed by atoms with E-state index >= 15 is 0 Å². The number of aromatic nitrogens is 1. The maximum absolute atomic E-state index is 10.0. The molecule has 0 amide bonds. The van der Waals surface area contributed by atoms with Gasteiger partial charge in [-0.3, -0.25) is 0 Å². The largest absolute Gasteiger partial charge is 0.303 e. The zero-order valence-corrected chi connectivity index (χ0v) is 9.75. The number of rotatable bonds is 3. The summed E-state index contributed by atoms with van der Waals surface area (Å²) in [5.41, 5.74) is 0. The molecule has 0 bridgehead atoms. The topological polar surface area (TPSA) is 42.3 Å². The Labute approximate surface area is 92.5 Å². The van der Waals surface area contributed by atoms with Crippen molar-refractivity contribution in [3.63, 3.8) is 0 Å². The first kappa shape index (κ1) is 10.5. The highest BCUT2D eigenvalue weighted by Crippen LogP contribution is 2.25. The quantitative estimate of drug-likeness (QED) is 0.636. The van der Waals surface area contributed by atoms with Gasteiger partial charge in [-0.2, -0.15) is 0 Å². The molecule has 0 spiro atoms. The maximum atomic E-state index is 10.0. The fourth-order valence-electron chi connectivity index (χ4n) is 0.685. The molecule has 0 fully saturated rings. The van der Waals surface area contributed by atoms with Crippen molar-refractivity contribution in [1.29, 1.82) is 0 Å². The average molecular weight is 306 g/mol. The second kappa shape index (κ2) is 5.24. The lowest BCUT2D eigenvalue weighted by Gasteiger charge is -1.96. The average Bonchev–Trinajstić information content (AvgIpc) is 2.09. The van der Waals surface area contributed by atoms with Gasteiger partial charge in [0.25, 0.3) is 0 Å². The molecule has 0 atom stereocenters. The number of halogens is 2. The zero-order valence-electron chi connectivity index (χ0n) is 6.58. The van der Waals surface area contributed by atoms with E-state index in [0.29, 0.717) is 12.2 Å². The van der Waals surface area contributed by atoms with Crippen LogP contribution in [0.3, 0.4) is 0 Å². The van der Waals surface area contributed by atoms with Crippen LogP contribution >= 0.6 is 31.9 Å². The summed E-state index contributed by atoms with van der Waals surface area (Å²) >= 11 is 6.58. The minimum absolute atomic E-state index is 0.310. The van der Waals surface area contributed by atoms with Crippen molar-refractivity contribution < 1.29 is 4.79 Å². The molecule has 0 aromatic carbocycles. The van der Waals surface area contributed by atoms with E-state index in [9.17, 15) is 4.79 Å². The van der Waals surface area contributed by atoms with Crippen molar-refractivity contribution in [2.24, 2.45) is 4.99 Å². The van der Waals surface area contributed by atoms with Gasteiger partial charge in [-0.25, -0.2) is 9.98 Å². The fourth-order valence-corrected chi connectivity index (χ4v) is 1.77. The van der Waals surface area contributed by atoms with Crippen molar-refractivity contribution in [2.75, 3.05) is 0 Å². The van der Waals surface area contributed by atoms with Crippen LogP contribution in [0.1, 0.15) is 6.42 Å². The molecule has 13 heavy (non-hydrogen) atoms. The van der Waals surface area contributed by atoms with E-state index in [-0.39, 0.29) is 0 Å². The number of aliphatic imine (C=N–C) groups is 1. The first-order valence-corrected chi connectivity index (χ1v) is 5.10. The third-order valence-corrected chi connectivity index (χ3v) is 2.22. The van der Waals surface area contributed by atoms with E-state index in [1.165, 1.54) is 6.21 Å². The maximum Gasteiger partial charge on any atom is 0.166 e. The minimum atomic E-state index is 0.310. The Balaban J connectivity index is 2.83. The van der Waals surface area contributed by atoms with Crippen LogP contribution in [0.15, 0.2) is 26.2 Å². The molecule has 1 rings (SSSR count). The number of hydrogen-bond donors (Lipinski definition) is 0. The van der Waals surface area contributed by atoms with Gasteiger partial charge in [0.1, 0.15) is 6.29 Å². The Morgan fingerprint density at radius 2 is 2.31 bits per heavy atom. The van der Waals surface area contributed by atoms with Gasteiger partial charge in [0.05, 0.1) is 4.47 Å². The summed E-state index contributed by atoms with van der Waals surface area (Å²) in [5, 5.41) is 0. The van der Waals surface area contributed by atoms with Gasteiger partial charge in [-0.1, -0.05) is 0 Å². The Bertz CT molecular complexity index is 339. The number of carbonyl (C=O) groups is 1. The van der Waals surface area contributed by atoms with E-state index < -0.39 is 0 Å². The molecule has 0 saturated carbocycles. The van der Waals surface area contributed by atoms with Crippen molar-refractivity contribution in [2.45, 2.75) is 6.42 Å². The molecule has 0 radical (unpaired) electrons. The Kier molecular flexibility index (Phi) is 4.24. The molecule has 1 heterocycles. The summed E-state index contributed by atoms with van der Waals surface area (Å²) in [5.74, 6) is 0.574. The summed E-state index contributed by atoms with van der Waals surface area (Å²) in [4.78, 5) is 18.0. The monoisotopic (exact) mass is 304 g/mol. The van der Waals surface area contributed by atoms with Crippen molar-refractivity contribution in [3.05, 3.63) is 21.2 Å². The first-order valence-electron chi connectivity index (χ1n) is 3.51. The molecule has 0 N–H and O–H groups in total. The highest BCUT2D eigenvalue weighted by Gasteiger charge is 1.98. The molecule has 0 aliphatic heterocycles. The van der Waals surface area contributed by atoms with Crippen LogP contribution in [-0.2, 0) is 4.79 Å². The molecular weight excluding hydrogens is 300 g/mol. The zero-order chi connectivity index (χ0) is 9.68. The van der Waals surface area contributed by atoms with Crippen LogP contribution in [0.4, 0.5) is 5.82 Å². The third-order valence-electron chi connectivity index (χ3n) is 1.20. The van der Waals surface area contributed by atoms with E-state index in [2.05, 4.69) is 41.8 Å². The molecule has 1 aromatic heterocycles. The second-order valence-electron chi connectivity index (χ2n) is 2.17. The SMILES string of the molecule is O=CCC=Nc1ncc(Br)cc1Br. The molecule has 0 aliphatic rings. The predicted molar refractivity (Wildman–Crippen MR) is 58.5 cm³/mol. The molecule has 0 unspecified atom stereocenters. The molecule has 0 saturated heterocycles. The highest BCUT2D eigenvalue weighted by atomic mass is 79.9. The lowest BCUT2D eigenvalue weighted by atomic mass is 10.4. The normalized spacial score (nSPS) is 10.6. The number of pyridine rings is 1. The summed E-state index contributed by atoms with van der Waals surface area (Å²) in [6.07, 6.45) is 4.27. The number of aldehydes is 1. The standard InChI is InChI=1S/C8H6Br2N2O/c9-6-4-7(10)8(12-5-6)11-2-1-3-13/h2-5H,1H2. The van der Waals surface area contributed by atoms with Crippen molar-refractivity contribution >= 4 is 50.2 Å². The van der Waals surface area contributed by atoms with Gasteiger partial charge < -0.3 is 4.79 Å². The Hall–Kier alpha value is -0.550. The Morgan fingerprint density at radius 1 is 1.54 bits per heavy atom. The van der Waals surface area contributed by atoms with Crippen molar-refractivity contribution in [3.8, 4) is 0 Å². The first-order chi connectivity index (χ1) is 6.24. The molecule has 3 nitrogen and oxygen atoms in total. The van der Waals surface area contributed by atoms with E-state index in [0.717, 1.165) is 15.2 Å². The summed E-state index contributed by atoms with van der Waals surface area (Å²) < 4.78 is 1.68. The van der Waals surface area contributed by atoms with E-state index in [4.69, 9.17) is 0 Å². The summed E-state index contributed by atoms with van der Waals surface area (Å²) in [6.45, 7) is 0. The Morgan fingerprint density at radius 3 is 2.92 bits per heavy atom. The number of nitrogens with zero attached hydrogens (tertiary/aromatic N) is 2. The fraction of sp³-hybridized carbons (Fsp3) is 0.125. The van der Waals surface area contributed by atoms with Crippen molar-refractivity contribution in [1.82, 2.24) is 4.98 Å². The van der Waals surface area contributed by atoms with Gasteiger partial charge >= 0.3 is 0 Å². The van der Waals surface area contributed by atoms with Crippen LogP contribution < -0.4 is 0 Å². The molecule has 68 valence electrons. The van der Waals surface area contributed by atoms with Crippen LogP contribution in [-0.4, -0.2) is 17.5 Å². The van der Waals surface area contributed by atoms with Gasteiger partial charge in [0, 0.05) is 23.3 Å². The lowest BCUT2D eigenvalue weighted by molar-refractivity contribution is -0.106. The summed E-state index contributed by atoms with van der Waals surface area (Å²) in [6, 6.07) is 1.85. The van der Waals surface area contributed by atoms with Crippen LogP contribution in [0.5, 0.6) is 0 Å².